The van der Waals surface area contributed by atoms with Crippen LogP contribution in [0.1, 0.15) is 11.4 Å². The van der Waals surface area contributed by atoms with Crippen LogP contribution in [0.2, 0.25) is 0 Å². The summed E-state index contributed by atoms with van der Waals surface area (Å²) in [5, 5.41) is 2.89. The smallest absolute Gasteiger partial charge is 0.0452 e. The zero-order valence-electron chi connectivity index (χ0n) is 15.4. The van der Waals surface area contributed by atoms with Gasteiger partial charge >= 0.3 is 0 Å². The Bertz CT molecular complexity index is 706. The van der Waals surface area contributed by atoms with Crippen molar-refractivity contribution in [2.75, 3.05) is 13.3 Å². The predicted molar refractivity (Wildman–Crippen MR) is 121 cm³/mol. The molecule has 6 radical (unpaired) electrons. The summed E-state index contributed by atoms with van der Waals surface area (Å²) in [5.41, 5.74) is 2.45. The number of nitrogens with zero attached hydrogens (tertiary/aromatic N) is 1. The zero-order valence-corrected chi connectivity index (χ0v) is 17.2. The first-order chi connectivity index (χ1) is 11.7. The molecule has 0 aliphatic heterocycles. The van der Waals surface area contributed by atoms with Crippen molar-refractivity contribution in [3.63, 3.8) is 0 Å². The summed E-state index contributed by atoms with van der Waals surface area (Å²) in [4.78, 5) is 4.94. The minimum absolute atomic E-state index is 0. The molecule has 3 aromatic rings. The number of hydrogen-bond acceptors (Lipinski definition) is 1. The summed E-state index contributed by atoms with van der Waals surface area (Å²) in [6.07, 6.45) is 2.11. The van der Waals surface area contributed by atoms with Gasteiger partial charge in [-0.3, -0.25) is 4.98 Å². The van der Waals surface area contributed by atoms with E-state index >= 15 is 0 Å². The molecule has 2 atom stereocenters. The average molecular weight is 373 g/mol. The Morgan fingerprint density at radius 3 is 1.35 bits per heavy atom. The van der Waals surface area contributed by atoms with Crippen molar-refractivity contribution in [1.29, 1.82) is 0 Å². The van der Waals surface area contributed by atoms with Gasteiger partial charge in [0.05, 0.1) is 0 Å². The first-order valence-electron chi connectivity index (χ1n) is 8.19. The lowest BCUT2D eigenvalue weighted by molar-refractivity contribution is 1.08. The molecule has 0 saturated carbocycles. The number of hydrogen-bond donors (Lipinski definition) is 0. The fraction of sp³-hybridized carbons (Fsp3) is 0.190. The molecule has 0 aliphatic carbocycles. The first kappa shape index (κ1) is 22.6. The van der Waals surface area contributed by atoms with Gasteiger partial charge in [0.2, 0.25) is 0 Å². The van der Waals surface area contributed by atoms with E-state index in [0.29, 0.717) is 0 Å². The highest BCUT2D eigenvalue weighted by molar-refractivity contribution is 7.64. The first-order valence-corrected chi connectivity index (χ1v) is 12.1. The molecule has 0 spiro atoms. The van der Waals surface area contributed by atoms with Crippen molar-refractivity contribution in [1.82, 2.24) is 4.98 Å². The molecule has 2 aromatic carbocycles. The van der Waals surface area contributed by atoms with Crippen LogP contribution in [0.25, 0.3) is 0 Å². The van der Waals surface area contributed by atoms with Crippen LogP contribution in [0.4, 0.5) is 0 Å². The Labute approximate surface area is 164 Å². The molecule has 0 aliphatic rings. The number of pyridine rings is 1. The van der Waals surface area contributed by atoms with Gasteiger partial charge in [-0.15, -0.1) is 0 Å². The minimum Gasteiger partial charge on any atom is -0.257 e. The van der Waals surface area contributed by atoms with Gasteiger partial charge < -0.3 is 0 Å². The van der Waals surface area contributed by atoms with E-state index in [0.717, 1.165) is 12.3 Å². The average Bonchev–Trinajstić information content (AvgIpc) is 2.63. The Morgan fingerprint density at radius 2 is 0.962 bits per heavy atom. The molecule has 2 unspecified atom stereocenters. The van der Waals surface area contributed by atoms with Crippen LogP contribution in [0.3, 0.4) is 0 Å². The van der Waals surface area contributed by atoms with Crippen molar-refractivity contribution >= 4 is 43.3 Å². The van der Waals surface area contributed by atoms with Gasteiger partial charge in [-0.25, -0.2) is 0 Å². The van der Waals surface area contributed by atoms with Crippen molar-refractivity contribution in [3.05, 3.63) is 90.3 Å². The second-order valence-electron chi connectivity index (χ2n) is 6.00. The van der Waals surface area contributed by atoms with Gasteiger partial charge in [-0.05, 0) is 36.1 Å². The van der Waals surface area contributed by atoms with Gasteiger partial charge in [-0.1, -0.05) is 82.6 Å². The van der Waals surface area contributed by atoms with E-state index in [1.807, 2.05) is 0 Å². The van der Waals surface area contributed by atoms with E-state index in [4.69, 9.17) is 4.98 Å². The fourth-order valence-corrected chi connectivity index (χ4v) is 5.79. The van der Waals surface area contributed by atoms with Crippen molar-refractivity contribution in [2.45, 2.75) is 12.3 Å². The van der Waals surface area contributed by atoms with Crippen molar-refractivity contribution < 1.29 is 0 Å². The third-order valence-electron chi connectivity index (χ3n) is 4.06. The second kappa shape index (κ2) is 11.3. The molecule has 1 nitrogen and oxygen atoms in total. The van der Waals surface area contributed by atoms with Crippen LogP contribution in [0, 0.1) is 0 Å². The van der Waals surface area contributed by atoms with Gasteiger partial charge in [0.25, 0.3) is 0 Å². The largest absolute Gasteiger partial charge is 0.257 e. The molecule has 0 fully saturated rings. The minimum atomic E-state index is -0.186. The molecule has 0 amide bonds. The summed E-state index contributed by atoms with van der Waals surface area (Å²) in [5.74, 6) is 0. The molecular formula is C21H23B2NP2. The quantitative estimate of drug-likeness (QED) is 0.467. The van der Waals surface area contributed by atoms with E-state index < -0.39 is 0 Å². The predicted octanol–water partition coefficient (Wildman–Crippen LogP) is 4.19. The highest BCUT2D eigenvalue weighted by Gasteiger charge is 2.10. The maximum absolute atomic E-state index is 4.94. The highest BCUT2D eigenvalue weighted by Crippen LogP contribution is 2.36. The Balaban J connectivity index is 0.00000169. The van der Waals surface area contributed by atoms with Crippen molar-refractivity contribution in [2.24, 2.45) is 0 Å². The summed E-state index contributed by atoms with van der Waals surface area (Å²) in [6, 6.07) is 28.1. The molecular weight excluding hydrogens is 350 g/mol. The summed E-state index contributed by atoms with van der Waals surface area (Å²) < 4.78 is 0. The number of benzene rings is 2. The van der Waals surface area contributed by atoms with E-state index in [1.54, 1.807) is 0 Å². The topological polar surface area (TPSA) is 12.9 Å². The Kier molecular flexibility index (Phi) is 9.85. The number of rotatable bonds is 6. The normalized spacial score (nSPS) is 12.4. The van der Waals surface area contributed by atoms with Gasteiger partial charge in [0.15, 0.2) is 0 Å². The standard InChI is InChI=1S/C21H23NP2.2B/c1-23(20-12-5-3-6-13-20)16-18-10-9-11-19(22-18)17-24(2)21-14-7-4-8-15-21;;/h3-15H,16-17H2,1-2H3;;. The molecule has 5 heteroatoms. The van der Waals surface area contributed by atoms with Crippen LogP contribution >= 0.6 is 15.8 Å². The molecule has 0 N–H and O–H groups in total. The Morgan fingerprint density at radius 1 is 0.577 bits per heavy atom. The maximum Gasteiger partial charge on any atom is 0.0452 e. The van der Waals surface area contributed by atoms with Crippen LogP contribution in [-0.2, 0) is 12.3 Å². The summed E-state index contributed by atoms with van der Waals surface area (Å²) in [6.45, 7) is 4.69. The van der Waals surface area contributed by atoms with E-state index in [2.05, 4.69) is 92.2 Å². The van der Waals surface area contributed by atoms with E-state index in [9.17, 15) is 0 Å². The van der Waals surface area contributed by atoms with Crippen LogP contribution in [-0.4, -0.2) is 35.1 Å². The summed E-state index contributed by atoms with van der Waals surface area (Å²) >= 11 is 0. The molecule has 1 aromatic heterocycles. The monoisotopic (exact) mass is 373 g/mol. The van der Waals surface area contributed by atoms with Gasteiger partial charge in [-0.2, -0.15) is 0 Å². The lowest BCUT2D eigenvalue weighted by Crippen LogP contribution is -2.04. The van der Waals surface area contributed by atoms with Crippen LogP contribution < -0.4 is 10.6 Å². The maximum atomic E-state index is 4.94. The molecule has 26 heavy (non-hydrogen) atoms. The lowest BCUT2D eigenvalue weighted by Gasteiger charge is -2.15. The van der Waals surface area contributed by atoms with E-state index in [-0.39, 0.29) is 32.7 Å². The zero-order chi connectivity index (χ0) is 16.8. The number of aromatic nitrogens is 1. The highest BCUT2D eigenvalue weighted by atomic mass is 31.1. The second-order valence-corrected chi connectivity index (χ2v) is 10.5. The van der Waals surface area contributed by atoms with Crippen LogP contribution in [0.5, 0.6) is 0 Å². The third kappa shape index (κ3) is 6.39. The molecule has 0 bridgehead atoms. The Hall–Kier alpha value is -1.42. The fourth-order valence-electron chi connectivity index (χ4n) is 2.74. The van der Waals surface area contributed by atoms with E-state index in [1.165, 1.54) is 22.0 Å². The van der Waals surface area contributed by atoms with Crippen molar-refractivity contribution in [3.8, 4) is 0 Å². The SMILES string of the molecule is CP(Cc1cccc(CP(C)c2ccccc2)n1)c1ccccc1.[B].[B]. The lowest BCUT2D eigenvalue weighted by atomic mass is 10.3. The molecule has 128 valence electrons. The van der Waals surface area contributed by atoms with Crippen LogP contribution in [0.15, 0.2) is 78.9 Å². The molecule has 0 saturated heterocycles. The van der Waals surface area contributed by atoms with Gasteiger partial charge in [0.1, 0.15) is 0 Å². The summed E-state index contributed by atoms with van der Waals surface area (Å²) in [7, 11) is -0.371. The third-order valence-corrected chi connectivity index (χ3v) is 8.01. The molecule has 3 rings (SSSR count). The molecule has 1 heterocycles. The van der Waals surface area contributed by atoms with Gasteiger partial charge in [0, 0.05) is 40.5 Å².